The van der Waals surface area contributed by atoms with Crippen LogP contribution in [0.4, 0.5) is 4.39 Å². The topological polar surface area (TPSA) is 45.1 Å². The fourth-order valence-corrected chi connectivity index (χ4v) is 1.85. The Morgan fingerprint density at radius 2 is 2.11 bits per heavy atom. The van der Waals surface area contributed by atoms with Gasteiger partial charge in [-0.1, -0.05) is 12.1 Å². The van der Waals surface area contributed by atoms with E-state index in [-0.39, 0.29) is 11.8 Å². The van der Waals surface area contributed by atoms with E-state index in [2.05, 4.69) is 10.3 Å². The number of nitrogens with zero attached hydrogens (tertiary/aromatic N) is 1. The quantitative estimate of drug-likeness (QED) is 0.888. The van der Waals surface area contributed by atoms with Gasteiger partial charge in [0, 0.05) is 36.1 Å². The molecule has 0 radical (unpaired) electrons. The Hall–Kier alpha value is -1.94. The normalized spacial score (nSPS) is 12.4. The van der Waals surface area contributed by atoms with Gasteiger partial charge in [0.2, 0.25) is 0 Å². The van der Waals surface area contributed by atoms with Crippen LogP contribution < -0.4 is 5.32 Å². The molecule has 0 saturated carbocycles. The monoisotopic (exact) mass is 260 g/mol. The third-order valence-electron chi connectivity index (χ3n) is 3.04. The first-order valence-electron chi connectivity index (χ1n) is 6.19. The summed E-state index contributed by atoms with van der Waals surface area (Å²) >= 11 is 0. The third-order valence-corrected chi connectivity index (χ3v) is 3.04. The zero-order valence-corrected chi connectivity index (χ0v) is 11.0. The van der Waals surface area contributed by atoms with Crippen molar-refractivity contribution < 1.29 is 9.50 Å². The first kappa shape index (κ1) is 13.5. The summed E-state index contributed by atoms with van der Waals surface area (Å²) in [4.78, 5) is 4.21. The van der Waals surface area contributed by atoms with Crippen LogP contribution in [0.15, 0.2) is 36.5 Å². The average molecular weight is 260 g/mol. The van der Waals surface area contributed by atoms with Gasteiger partial charge in [-0.05, 0) is 31.5 Å². The van der Waals surface area contributed by atoms with Crippen LogP contribution >= 0.6 is 0 Å². The fourth-order valence-electron chi connectivity index (χ4n) is 1.85. The standard InChI is InChI=1S/C15H17FN2O/c1-10-3-4-12(8-17-10)9-18-11(2)14-6-5-13(19)7-15(14)16/h3-8,11,18-19H,9H2,1-2H3. The summed E-state index contributed by atoms with van der Waals surface area (Å²) in [5.41, 5.74) is 2.57. The minimum absolute atomic E-state index is 0.0591. The Kier molecular flexibility index (Phi) is 4.12. The van der Waals surface area contributed by atoms with E-state index in [4.69, 9.17) is 0 Å². The molecule has 0 amide bonds. The molecule has 0 aliphatic carbocycles. The summed E-state index contributed by atoms with van der Waals surface area (Å²) in [7, 11) is 0. The van der Waals surface area contributed by atoms with Gasteiger partial charge in [0.05, 0.1) is 0 Å². The molecule has 2 aromatic rings. The maximum absolute atomic E-state index is 13.7. The molecule has 4 heteroatoms. The number of benzene rings is 1. The molecule has 19 heavy (non-hydrogen) atoms. The number of aromatic hydroxyl groups is 1. The second-order valence-corrected chi connectivity index (χ2v) is 4.62. The van der Waals surface area contributed by atoms with Gasteiger partial charge in [0.1, 0.15) is 11.6 Å². The number of rotatable bonds is 4. The van der Waals surface area contributed by atoms with E-state index >= 15 is 0 Å². The molecular weight excluding hydrogens is 243 g/mol. The van der Waals surface area contributed by atoms with Crippen molar-refractivity contribution in [2.45, 2.75) is 26.4 Å². The molecule has 0 saturated heterocycles. The highest BCUT2D eigenvalue weighted by atomic mass is 19.1. The number of halogens is 1. The molecule has 2 N–H and O–H groups in total. The number of phenols is 1. The van der Waals surface area contributed by atoms with Gasteiger partial charge in [-0.15, -0.1) is 0 Å². The third kappa shape index (κ3) is 3.51. The van der Waals surface area contributed by atoms with Crippen LogP contribution in [0, 0.1) is 12.7 Å². The summed E-state index contributed by atoms with van der Waals surface area (Å²) < 4.78 is 13.7. The lowest BCUT2D eigenvalue weighted by atomic mass is 10.1. The largest absolute Gasteiger partial charge is 0.508 e. The zero-order chi connectivity index (χ0) is 13.8. The predicted molar refractivity (Wildman–Crippen MR) is 72.3 cm³/mol. The Morgan fingerprint density at radius 1 is 1.32 bits per heavy atom. The second-order valence-electron chi connectivity index (χ2n) is 4.62. The molecule has 0 spiro atoms. The minimum Gasteiger partial charge on any atom is -0.508 e. The Balaban J connectivity index is 2.01. The van der Waals surface area contributed by atoms with Crippen LogP contribution in [0.1, 0.15) is 29.8 Å². The van der Waals surface area contributed by atoms with Crippen LogP contribution in [-0.4, -0.2) is 10.1 Å². The molecule has 1 atom stereocenters. The van der Waals surface area contributed by atoms with E-state index in [0.717, 1.165) is 17.3 Å². The summed E-state index contributed by atoms with van der Waals surface area (Å²) in [5.74, 6) is -0.460. The molecule has 1 heterocycles. The van der Waals surface area contributed by atoms with Crippen LogP contribution in [0.25, 0.3) is 0 Å². The second kappa shape index (κ2) is 5.80. The van der Waals surface area contributed by atoms with E-state index in [1.807, 2.05) is 32.2 Å². The maximum Gasteiger partial charge on any atom is 0.131 e. The van der Waals surface area contributed by atoms with E-state index < -0.39 is 5.82 Å². The van der Waals surface area contributed by atoms with Gasteiger partial charge in [-0.25, -0.2) is 4.39 Å². The van der Waals surface area contributed by atoms with Crippen molar-refractivity contribution in [3.05, 3.63) is 59.2 Å². The maximum atomic E-state index is 13.7. The van der Waals surface area contributed by atoms with E-state index in [0.29, 0.717) is 12.1 Å². The van der Waals surface area contributed by atoms with Gasteiger partial charge in [-0.3, -0.25) is 4.98 Å². The first-order chi connectivity index (χ1) is 9.06. The van der Waals surface area contributed by atoms with Crippen molar-refractivity contribution in [3.63, 3.8) is 0 Å². The van der Waals surface area contributed by atoms with Crippen LogP contribution in [0.3, 0.4) is 0 Å². The number of phenolic OH excluding ortho intramolecular Hbond substituents is 1. The molecule has 0 fully saturated rings. The van der Waals surface area contributed by atoms with Crippen LogP contribution in [0.2, 0.25) is 0 Å². The van der Waals surface area contributed by atoms with Crippen molar-refractivity contribution >= 4 is 0 Å². The van der Waals surface area contributed by atoms with Gasteiger partial charge >= 0.3 is 0 Å². The lowest BCUT2D eigenvalue weighted by molar-refractivity contribution is 0.463. The smallest absolute Gasteiger partial charge is 0.131 e. The van der Waals surface area contributed by atoms with Crippen molar-refractivity contribution in [2.75, 3.05) is 0 Å². The summed E-state index contributed by atoms with van der Waals surface area (Å²) in [6, 6.07) is 8.01. The molecule has 1 unspecified atom stereocenters. The van der Waals surface area contributed by atoms with Crippen molar-refractivity contribution in [1.29, 1.82) is 0 Å². The van der Waals surface area contributed by atoms with E-state index in [1.54, 1.807) is 6.07 Å². The molecule has 0 bridgehead atoms. The number of aromatic nitrogens is 1. The van der Waals surface area contributed by atoms with Crippen molar-refractivity contribution in [3.8, 4) is 5.75 Å². The van der Waals surface area contributed by atoms with Crippen LogP contribution in [-0.2, 0) is 6.54 Å². The summed E-state index contributed by atoms with van der Waals surface area (Å²) in [5, 5.41) is 12.4. The Bertz CT molecular complexity index is 555. The molecule has 0 aliphatic rings. The van der Waals surface area contributed by atoms with Crippen LogP contribution in [0.5, 0.6) is 5.75 Å². The van der Waals surface area contributed by atoms with Crippen molar-refractivity contribution in [1.82, 2.24) is 10.3 Å². The number of aryl methyl sites for hydroxylation is 1. The molecule has 3 nitrogen and oxygen atoms in total. The van der Waals surface area contributed by atoms with Crippen molar-refractivity contribution in [2.24, 2.45) is 0 Å². The summed E-state index contributed by atoms with van der Waals surface area (Å²) in [6.07, 6.45) is 1.81. The highest BCUT2D eigenvalue weighted by Crippen LogP contribution is 2.21. The zero-order valence-electron chi connectivity index (χ0n) is 11.0. The Labute approximate surface area is 112 Å². The number of hydrogen-bond donors (Lipinski definition) is 2. The molecule has 2 rings (SSSR count). The number of pyridine rings is 1. The van der Waals surface area contributed by atoms with Gasteiger partial charge in [0.15, 0.2) is 0 Å². The SMILES string of the molecule is Cc1ccc(CNC(C)c2ccc(O)cc2F)cn1. The molecule has 1 aromatic heterocycles. The lowest BCUT2D eigenvalue weighted by Gasteiger charge is -2.15. The highest BCUT2D eigenvalue weighted by Gasteiger charge is 2.10. The molecular formula is C15H17FN2O. The fraction of sp³-hybridized carbons (Fsp3) is 0.267. The summed E-state index contributed by atoms with van der Waals surface area (Å²) in [6.45, 7) is 4.44. The average Bonchev–Trinajstić information content (AvgIpc) is 2.37. The van der Waals surface area contributed by atoms with Gasteiger partial charge < -0.3 is 10.4 Å². The molecule has 0 aliphatic heterocycles. The lowest BCUT2D eigenvalue weighted by Crippen LogP contribution is -2.19. The molecule has 1 aromatic carbocycles. The van der Waals surface area contributed by atoms with E-state index in [9.17, 15) is 9.50 Å². The number of nitrogens with one attached hydrogen (secondary N) is 1. The Morgan fingerprint density at radius 3 is 2.74 bits per heavy atom. The first-order valence-corrected chi connectivity index (χ1v) is 6.19. The predicted octanol–water partition coefficient (Wildman–Crippen LogP) is 3.09. The van der Waals surface area contributed by atoms with E-state index in [1.165, 1.54) is 6.07 Å². The van der Waals surface area contributed by atoms with Gasteiger partial charge in [-0.2, -0.15) is 0 Å². The highest BCUT2D eigenvalue weighted by molar-refractivity contribution is 5.29. The minimum atomic E-state index is -0.401. The van der Waals surface area contributed by atoms with Gasteiger partial charge in [0.25, 0.3) is 0 Å². The number of hydrogen-bond acceptors (Lipinski definition) is 3. The molecule has 100 valence electrons.